The van der Waals surface area contributed by atoms with Gasteiger partial charge in [-0.2, -0.15) is 0 Å². The second-order valence-corrected chi connectivity index (χ2v) is 8.92. The smallest absolute Gasteiger partial charge is 0.320 e. The molecule has 0 N–H and O–H groups in total. The minimum atomic E-state index is -0.751. The SMILES string of the molecule is CCOC(=O)CN(Cc1ccccc1)C(CC(=O)OC(C)(C)C)C1COC(C)(C)O1. The number of esters is 2. The standard InChI is InChI=1S/C23H35NO6/c1-7-27-21(26)15-24(14-17-11-9-8-10-12-17)18(13-20(25)30-22(2,3)4)19-16-28-23(5,6)29-19/h8-12,18-19H,7,13-16H2,1-6H3. The first-order valence-electron chi connectivity index (χ1n) is 10.5. The van der Waals surface area contributed by atoms with E-state index >= 15 is 0 Å². The van der Waals surface area contributed by atoms with Gasteiger partial charge in [-0.25, -0.2) is 0 Å². The summed E-state index contributed by atoms with van der Waals surface area (Å²) in [7, 11) is 0. The van der Waals surface area contributed by atoms with Gasteiger partial charge >= 0.3 is 11.9 Å². The highest BCUT2D eigenvalue weighted by Gasteiger charge is 2.41. The molecule has 0 bridgehead atoms. The van der Waals surface area contributed by atoms with E-state index < -0.39 is 17.4 Å². The average molecular weight is 422 g/mol. The molecule has 2 atom stereocenters. The number of rotatable bonds is 9. The van der Waals surface area contributed by atoms with E-state index in [1.165, 1.54) is 0 Å². The maximum Gasteiger partial charge on any atom is 0.320 e. The van der Waals surface area contributed by atoms with Crippen LogP contribution in [0.1, 0.15) is 53.5 Å². The molecule has 1 aromatic carbocycles. The van der Waals surface area contributed by atoms with E-state index in [0.29, 0.717) is 19.8 Å². The lowest BCUT2D eigenvalue weighted by Crippen LogP contribution is -2.49. The zero-order chi connectivity index (χ0) is 22.4. The van der Waals surface area contributed by atoms with Crippen molar-refractivity contribution in [3.8, 4) is 0 Å². The summed E-state index contributed by atoms with van der Waals surface area (Å²) in [5.74, 6) is -1.44. The molecule has 30 heavy (non-hydrogen) atoms. The fourth-order valence-corrected chi connectivity index (χ4v) is 3.44. The Hall–Kier alpha value is -1.96. The number of carbonyl (C=O) groups is 2. The van der Waals surface area contributed by atoms with Gasteiger partial charge in [-0.05, 0) is 47.1 Å². The van der Waals surface area contributed by atoms with Crippen LogP contribution in [0.2, 0.25) is 0 Å². The van der Waals surface area contributed by atoms with Crippen LogP contribution in [0, 0.1) is 0 Å². The maximum atomic E-state index is 12.7. The summed E-state index contributed by atoms with van der Waals surface area (Å²) < 4.78 is 22.6. The topological polar surface area (TPSA) is 74.3 Å². The molecule has 0 amide bonds. The van der Waals surface area contributed by atoms with Gasteiger partial charge in [0.05, 0.1) is 26.2 Å². The van der Waals surface area contributed by atoms with Gasteiger partial charge in [0.2, 0.25) is 0 Å². The first-order valence-corrected chi connectivity index (χ1v) is 10.5. The van der Waals surface area contributed by atoms with E-state index in [1.807, 2.05) is 69.9 Å². The number of benzene rings is 1. The van der Waals surface area contributed by atoms with Crippen LogP contribution in [0.15, 0.2) is 30.3 Å². The predicted octanol–water partition coefficient (Wildman–Crippen LogP) is 3.30. The number of nitrogens with zero attached hydrogens (tertiary/aromatic N) is 1. The number of carbonyl (C=O) groups excluding carboxylic acids is 2. The van der Waals surface area contributed by atoms with Crippen LogP contribution in [-0.2, 0) is 35.1 Å². The average Bonchev–Trinajstić information content (AvgIpc) is 2.98. The van der Waals surface area contributed by atoms with Gasteiger partial charge in [0, 0.05) is 12.6 Å². The van der Waals surface area contributed by atoms with Crippen LogP contribution < -0.4 is 0 Å². The van der Waals surface area contributed by atoms with Crippen LogP contribution in [0.5, 0.6) is 0 Å². The third kappa shape index (κ3) is 8.05. The van der Waals surface area contributed by atoms with Crippen molar-refractivity contribution >= 4 is 11.9 Å². The lowest BCUT2D eigenvalue weighted by Gasteiger charge is -2.34. The fraction of sp³-hybridized carbons (Fsp3) is 0.652. The second-order valence-electron chi connectivity index (χ2n) is 8.92. The summed E-state index contributed by atoms with van der Waals surface area (Å²) in [5, 5.41) is 0. The Balaban J connectivity index is 2.29. The first-order chi connectivity index (χ1) is 14.0. The number of ether oxygens (including phenoxy) is 4. The van der Waals surface area contributed by atoms with Crippen molar-refractivity contribution in [3.63, 3.8) is 0 Å². The Morgan fingerprint density at radius 2 is 1.87 bits per heavy atom. The third-order valence-electron chi connectivity index (χ3n) is 4.59. The van der Waals surface area contributed by atoms with Gasteiger partial charge in [0.25, 0.3) is 0 Å². The molecule has 7 nitrogen and oxygen atoms in total. The van der Waals surface area contributed by atoms with Gasteiger partial charge < -0.3 is 18.9 Å². The molecule has 1 aliphatic heterocycles. The Kier molecular flexibility index (Phi) is 8.41. The molecule has 1 fully saturated rings. The highest BCUT2D eigenvalue weighted by Crippen LogP contribution is 2.29. The molecule has 0 aliphatic carbocycles. The molecule has 2 rings (SSSR count). The molecule has 0 spiro atoms. The quantitative estimate of drug-likeness (QED) is 0.566. The first kappa shape index (κ1) is 24.3. The zero-order valence-electron chi connectivity index (χ0n) is 19.0. The van der Waals surface area contributed by atoms with Crippen LogP contribution in [-0.4, -0.2) is 60.1 Å². The highest BCUT2D eigenvalue weighted by molar-refractivity contribution is 5.73. The van der Waals surface area contributed by atoms with Crippen molar-refractivity contribution in [2.45, 2.75) is 78.0 Å². The molecule has 1 aliphatic rings. The van der Waals surface area contributed by atoms with E-state index in [-0.39, 0.29) is 31.0 Å². The molecule has 1 aromatic rings. The van der Waals surface area contributed by atoms with Gasteiger partial charge in [-0.15, -0.1) is 0 Å². The Labute approximate surface area is 179 Å². The van der Waals surface area contributed by atoms with Crippen LogP contribution in [0.25, 0.3) is 0 Å². The third-order valence-corrected chi connectivity index (χ3v) is 4.59. The van der Waals surface area contributed by atoms with E-state index in [9.17, 15) is 9.59 Å². The van der Waals surface area contributed by atoms with E-state index in [4.69, 9.17) is 18.9 Å². The van der Waals surface area contributed by atoms with Crippen LogP contribution in [0.4, 0.5) is 0 Å². The summed E-state index contributed by atoms with van der Waals surface area (Å²) in [6.45, 7) is 12.1. The number of hydrogen-bond donors (Lipinski definition) is 0. The Morgan fingerprint density at radius 3 is 2.40 bits per heavy atom. The van der Waals surface area contributed by atoms with Crippen LogP contribution >= 0.6 is 0 Å². The van der Waals surface area contributed by atoms with Gasteiger partial charge in [0.15, 0.2) is 5.79 Å². The van der Waals surface area contributed by atoms with Gasteiger partial charge in [-0.1, -0.05) is 30.3 Å². The number of hydrogen-bond acceptors (Lipinski definition) is 7. The molecule has 0 saturated carbocycles. The Morgan fingerprint density at radius 1 is 1.20 bits per heavy atom. The predicted molar refractivity (Wildman–Crippen MR) is 113 cm³/mol. The molecular weight excluding hydrogens is 386 g/mol. The summed E-state index contributed by atoms with van der Waals surface area (Å²) in [5.41, 5.74) is 0.424. The monoisotopic (exact) mass is 421 g/mol. The fourth-order valence-electron chi connectivity index (χ4n) is 3.44. The summed E-state index contributed by atoms with van der Waals surface area (Å²) in [4.78, 5) is 27.0. The van der Waals surface area contributed by atoms with Crippen molar-refractivity contribution < 1.29 is 28.5 Å². The largest absolute Gasteiger partial charge is 0.465 e. The molecule has 1 saturated heterocycles. The molecule has 0 aromatic heterocycles. The van der Waals surface area contributed by atoms with Crippen molar-refractivity contribution in [1.82, 2.24) is 4.90 Å². The van der Waals surface area contributed by atoms with Gasteiger partial charge in [-0.3, -0.25) is 14.5 Å². The molecule has 0 radical (unpaired) electrons. The van der Waals surface area contributed by atoms with E-state index in [1.54, 1.807) is 6.92 Å². The van der Waals surface area contributed by atoms with Crippen molar-refractivity contribution in [1.29, 1.82) is 0 Å². The minimum absolute atomic E-state index is 0.0382. The van der Waals surface area contributed by atoms with Crippen molar-refractivity contribution in [2.24, 2.45) is 0 Å². The lowest BCUT2D eigenvalue weighted by atomic mass is 10.0. The minimum Gasteiger partial charge on any atom is -0.465 e. The van der Waals surface area contributed by atoms with Crippen LogP contribution in [0.3, 0.4) is 0 Å². The summed E-state index contributed by atoms with van der Waals surface area (Å²) in [6, 6.07) is 9.38. The molecule has 7 heteroatoms. The zero-order valence-corrected chi connectivity index (χ0v) is 19.0. The molecular formula is C23H35NO6. The molecule has 168 valence electrons. The normalized spacial score (nSPS) is 19.5. The van der Waals surface area contributed by atoms with Gasteiger partial charge in [0.1, 0.15) is 11.7 Å². The maximum absolute atomic E-state index is 12.7. The van der Waals surface area contributed by atoms with Crippen molar-refractivity contribution in [3.05, 3.63) is 35.9 Å². The van der Waals surface area contributed by atoms with E-state index in [2.05, 4.69) is 0 Å². The lowest BCUT2D eigenvalue weighted by molar-refractivity contribution is -0.165. The molecule has 2 unspecified atom stereocenters. The second kappa shape index (κ2) is 10.4. The summed E-state index contributed by atoms with van der Waals surface area (Å²) in [6.07, 6.45) is -0.307. The Bertz CT molecular complexity index is 697. The highest BCUT2D eigenvalue weighted by atomic mass is 16.7. The van der Waals surface area contributed by atoms with Crippen molar-refractivity contribution in [2.75, 3.05) is 19.8 Å². The van der Waals surface area contributed by atoms with E-state index in [0.717, 1.165) is 5.56 Å². The summed E-state index contributed by atoms with van der Waals surface area (Å²) >= 11 is 0. The molecule has 1 heterocycles.